The lowest BCUT2D eigenvalue weighted by Crippen LogP contribution is -2.19. The Morgan fingerprint density at radius 2 is 2.08 bits per heavy atom. The summed E-state index contributed by atoms with van der Waals surface area (Å²) in [4.78, 5) is 16.2. The lowest BCUT2D eigenvalue weighted by atomic mass is 10.1. The Labute approximate surface area is 163 Å². The molecule has 0 bridgehead atoms. The molecule has 134 valence electrons. The Kier molecular flexibility index (Phi) is 5.61. The molecule has 2 aromatic carbocycles. The summed E-state index contributed by atoms with van der Waals surface area (Å²) >= 11 is 13.5. The van der Waals surface area contributed by atoms with Gasteiger partial charge in [0, 0.05) is 0 Å². The van der Waals surface area contributed by atoms with Gasteiger partial charge in [-0.2, -0.15) is 5.10 Å². The summed E-state index contributed by atoms with van der Waals surface area (Å²) in [7, 11) is 1.49. The van der Waals surface area contributed by atoms with Gasteiger partial charge in [-0.3, -0.25) is 4.79 Å². The van der Waals surface area contributed by atoms with Crippen molar-refractivity contribution in [2.24, 2.45) is 5.10 Å². The summed E-state index contributed by atoms with van der Waals surface area (Å²) in [6.07, 6.45) is 1.65. The number of hydrazone groups is 1. The second-order valence-electron chi connectivity index (χ2n) is 5.34. The minimum atomic E-state index is -0.246. The highest BCUT2D eigenvalue weighted by Crippen LogP contribution is 2.33. The number of hydrogen-bond acceptors (Lipinski definition) is 6. The van der Waals surface area contributed by atoms with Crippen molar-refractivity contribution < 1.29 is 9.53 Å². The van der Waals surface area contributed by atoms with E-state index in [0.29, 0.717) is 26.5 Å². The topological polar surface area (TPSA) is 89.6 Å². The minimum absolute atomic E-state index is 0.190. The molecule has 1 heterocycles. The summed E-state index contributed by atoms with van der Waals surface area (Å²) in [5.74, 6) is 0.150. The SMILES string of the molecule is COc1c(Cl)cc(/C=N\NC(=O)Cc2ccc3nc(N)sc3c2)cc1Cl. The highest BCUT2D eigenvalue weighted by Gasteiger charge is 2.08. The molecule has 3 aromatic rings. The number of carbonyl (C=O) groups excluding carboxylic acids is 1. The Morgan fingerprint density at radius 3 is 2.77 bits per heavy atom. The van der Waals surface area contributed by atoms with Crippen LogP contribution >= 0.6 is 34.5 Å². The van der Waals surface area contributed by atoms with E-state index in [2.05, 4.69) is 15.5 Å². The van der Waals surface area contributed by atoms with Crippen LogP contribution in [-0.2, 0) is 11.2 Å². The van der Waals surface area contributed by atoms with Crippen LogP contribution in [0.3, 0.4) is 0 Å². The Morgan fingerprint density at radius 1 is 1.35 bits per heavy atom. The lowest BCUT2D eigenvalue weighted by Gasteiger charge is -2.06. The lowest BCUT2D eigenvalue weighted by molar-refractivity contribution is -0.120. The predicted octanol–water partition coefficient (Wildman–Crippen LogP) is 3.89. The summed E-state index contributed by atoms with van der Waals surface area (Å²) in [5, 5.41) is 5.16. The second-order valence-corrected chi connectivity index (χ2v) is 7.22. The number of nitrogens with zero attached hydrogens (tertiary/aromatic N) is 2. The molecule has 0 atom stereocenters. The summed E-state index contributed by atoms with van der Waals surface area (Å²) in [6, 6.07) is 8.87. The average Bonchev–Trinajstić information content (AvgIpc) is 2.94. The number of benzene rings is 2. The molecule has 0 saturated carbocycles. The summed E-state index contributed by atoms with van der Waals surface area (Å²) in [5.41, 5.74) is 10.5. The maximum Gasteiger partial charge on any atom is 0.244 e. The van der Waals surface area contributed by atoms with E-state index in [4.69, 9.17) is 33.7 Å². The molecular formula is C17H14Cl2N4O2S. The molecule has 0 aliphatic heterocycles. The predicted molar refractivity (Wildman–Crippen MR) is 106 cm³/mol. The van der Waals surface area contributed by atoms with Crippen molar-refractivity contribution in [1.82, 2.24) is 10.4 Å². The molecule has 0 aliphatic rings. The Bertz CT molecular complexity index is 981. The van der Waals surface area contributed by atoms with Gasteiger partial charge in [-0.25, -0.2) is 10.4 Å². The molecule has 1 amide bonds. The normalized spacial score (nSPS) is 11.2. The van der Waals surface area contributed by atoms with Gasteiger partial charge in [0.05, 0.1) is 40.0 Å². The quantitative estimate of drug-likeness (QED) is 0.494. The van der Waals surface area contributed by atoms with E-state index < -0.39 is 0 Å². The van der Waals surface area contributed by atoms with Crippen LogP contribution in [0.1, 0.15) is 11.1 Å². The van der Waals surface area contributed by atoms with Crippen LogP contribution in [0.2, 0.25) is 10.0 Å². The zero-order valence-corrected chi connectivity index (χ0v) is 16.0. The molecule has 0 unspecified atom stereocenters. The molecule has 6 nitrogen and oxygen atoms in total. The number of amides is 1. The van der Waals surface area contributed by atoms with E-state index in [1.165, 1.54) is 24.7 Å². The fraction of sp³-hybridized carbons (Fsp3) is 0.118. The van der Waals surface area contributed by atoms with Gasteiger partial charge in [-0.1, -0.05) is 40.6 Å². The third-order valence-corrected chi connectivity index (χ3v) is 4.87. The summed E-state index contributed by atoms with van der Waals surface area (Å²) in [6.45, 7) is 0. The van der Waals surface area contributed by atoms with E-state index >= 15 is 0 Å². The van der Waals surface area contributed by atoms with Crippen molar-refractivity contribution in [3.05, 3.63) is 51.5 Å². The van der Waals surface area contributed by atoms with E-state index in [-0.39, 0.29) is 12.3 Å². The number of ether oxygens (including phenoxy) is 1. The zero-order chi connectivity index (χ0) is 18.7. The van der Waals surface area contributed by atoms with Crippen LogP contribution in [0.4, 0.5) is 5.13 Å². The third-order valence-electron chi connectivity index (χ3n) is 3.46. The number of aromatic nitrogens is 1. The molecule has 0 saturated heterocycles. The number of carbonyl (C=O) groups is 1. The second kappa shape index (κ2) is 7.90. The monoisotopic (exact) mass is 408 g/mol. The maximum atomic E-state index is 12.0. The van der Waals surface area contributed by atoms with Crippen molar-refractivity contribution in [3.8, 4) is 5.75 Å². The molecular weight excluding hydrogens is 395 g/mol. The van der Waals surface area contributed by atoms with Crippen LogP contribution in [0, 0.1) is 0 Å². The fourth-order valence-electron chi connectivity index (χ4n) is 2.35. The zero-order valence-electron chi connectivity index (χ0n) is 13.6. The van der Waals surface area contributed by atoms with Crippen LogP contribution in [0.25, 0.3) is 10.2 Å². The smallest absolute Gasteiger partial charge is 0.244 e. The number of anilines is 1. The number of nitrogen functional groups attached to an aromatic ring is 1. The van der Waals surface area contributed by atoms with Crippen LogP contribution in [-0.4, -0.2) is 24.2 Å². The van der Waals surface area contributed by atoms with E-state index in [0.717, 1.165) is 15.8 Å². The number of halogens is 2. The number of hydrogen-bond donors (Lipinski definition) is 2. The largest absolute Gasteiger partial charge is 0.494 e. The molecule has 26 heavy (non-hydrogen) atoms. The maximum absolute atomic E-state index is 12.0. The molecule has 3 rings (SSSR count). The van der Waals surface area contributed by atoms with Gasteiger partial charge in [0.2, 0.25) is 5.91 Å². The first kappa shape index (κ1) is 18.4. The average molecular weight is 409 g/mol. The molecule has 3 N–H and O–H groups in total. The highest BCUT2D eigenvalue weighted by atomic mass is 35.5. The molecule has 0 radical (unpaired) electrons. The standard InChI is InChI=1S/C17H14Cl2N4O2S/c1-25-16-11(18)4-10(5-12(16)19)8-21-23-15(24)7-9-2-3-13-14(6-9)26-17(20)22-13/h2-6,8H,7H2,1H3,(H2,20,22)(H,23,24)/b21-8-. The van der Waals surface area contributed by atoms with Crippen molar-refractivity contribution >= 4 is 62.0 Å². The van der Waals surface area contributed by atoms with Crippen molar-refractivity contribution in [2.45, 2.75) is 6.42 Å². The van der Waals surface area contributed by atoms with E-state index in [9.17, 15) is 4.79 Å². The number of fused-ring (bicyclic) bond motifs is 1. The molecule has 0 aliphatic carbocycles. The number of rotatable bonds is 5. The first-order chi connectivity index (χ1) is 12.5. The first-order valence-corrected chi connectivity index (χ1v) is 9.03. The number of thiazole rings is 1. The Hall–Kier alpha value is -2.35. The van der Waals surface area contributed by atoms with Crippen molar-refractivity contribution in [1.29, 1.82) is 0 Å². The Balaban J connectivity index is 1.63. The van der Waals surface area contributed by atoms with Gasteiger partial charge in [0.25, 0.3) is 0 Å². The van der Waals surface area contributed by atoms with Gasteiger partial charge in [0.15, 0.2) is 10.9 Å². The van der Waals surface area contributed by atoms with Gasteiger partial charge >= 0.3 is 0 Å². The number of nitrogens with one attached hydrogen (secondary N) is 1. The van der Waals surface area contributed by atoms with E-state index in [1.807, 2.05) is 18.2 Å². The van der Waals surface area contributed by atoms with Crippen LogP contribution in [0.15, 0.2) is 35.4 Å². The third kappa shape index (κ3) is 4.24. The van der Waals surface area contributed by atoms with Crippen LogP contribution < -0.4 is 15.9 Å². The van der Waals surface area contributed by atoms with Gasteiger partial charge in [0.1, 0.15) is 0 Å². The number of nitrogens with two attached hydrogens (primary N) is 1. The van der Waals surface area contributed by atoms with Crippen molar-refractivity contribution in [2.75, 3.05) is 12.8 Å². The minimum Gasteiger partial charge on any atom is -0.494 e. The van der Waals surface area contributed by atoms with Gasteiger partial charge < -0.3 is 10.5 Å². The molecule has 9 heteroatoms. The highest BCUT2D eigenvalue weighted by molar-refractivity contribution is 7.22. The van der Waals surface area contributed by atoms with Gasteiger partial charge in [-0.05, 0) is 35.4 Å². The summed E-state index contributed by atoms with van der Waals surface area (Å²) < 4.78 is 6.03. The fourth-order valence-corrected chi connectivity index (χ4v) is 3.81. The first-order valence-electron chi connectivity index (χ1n) is 7.46. The van der Waals surface area contributed by atoms with Crippen molar-refractivity contribution in [3.63, 3.8) is 0 Å². The number of methoxy groups -OCH3 is 1. The van der Waals surface area contributed by atoms with E-state index in [1.54, 1.807) is 12.1 Å². The van der Waals surface area contributed by atoms with Gasteiger partial charge in [-0.15, -0.1) is 0 Å². The molecule has 0 spiro atoms. The molecule has 1 aromatic heterocycles. The van der Waals surface area contributed by atoms with Crippen LogP contribution in [0.5, 0.6) is 5.75 Å². The molecule has 0 fully saturated rings.